The zero-order chi connectivity index (χ0) is 14.2. The molecule has 19 heavy (non-hydrogen) atoms. The highest BCUT2D eigenvalue weighted by Gasteiger charge is 2.38. The van der Waals surface area contributed by atoms with Gasteiger partial charge in [0.15, 0.2) is 0 Å². The van der Waals surface area contributed by atoms with Gasteiger partial charge >= 0.3 is 11.7 Å². The summed E-state index contributed by atoms with van der Waals surface area (Å²) in [4.78, 5) is 26.9. The molecule has 0 spiro atoms. The first-order chi connectivity index (χ1) is 8.91. The molecule has 7 nitrogen and oxygen atoms in total. The van der Waals surface area contributed by atoms with Crippen LogP contribution in [-0.4, -0.2) is 34.1 Å². The minimum atomic E-state index is -0.900. The summed E-state index contributed by atoms with van der Waals surface area (Å²) in [5.41, 5.74) is 0.0444. The van der Waals surface area contributed by atoms with Crippen LogP contribution in [0, 0.1) is 22.0 Å². The number of carbonyl (C=O) groups is 1. The van der Waals surface area contributed by atoms with Gasteiger partial charge in [0.25, 0.3) is 0 Å². The predicted octanol–water partition coefficient (Wildman–Crippen LogP) is 1.80. The molecule has 1 aromatic heterocycles. The maximum atomic E-state index is 11.1. The van der Waals surface area contributed by atoms with Crippen molar-refractivity contribution in [1.29, 1.82) is 0 Å². The van der Waals surface area contributed by atoms with Crippen molar-refractivity contribution < 1.29 is 14.8 Å². The highest BCUT2D eigenvalue weighted by atomic mass is 35.5. The largest absolute Gasteiger partial charge is 0.481 e. The third kappa shape index (κ3) is 2.46. The van der Waals surface area contributed by atoms with Gasteiger partial charge in [-0.25, -0.2) is 0 Å². The lowest BCUT2D eigenvalue weighted by Gasteiger charge is -2.18. The second kappa shape index (κ2) is 5.00. The highest BCUT2D eigenvalue weighted by Crippen LogP contribution is 2.38. The van der Waals surface area contributed by atoms with Gasteiger partial charge in [-0.2, -0.15) is 0 Å². The molecule has 0 amide bonds. The molecule has 1 saturated heterocycles. The number of halogens is 1. The SMILES string of the molecule is C[C@@H]1CN(c2c(Cl)cncc2[N+](=O)[O-])C[C@H]1C(=O)O. The average molecular weight is 286 g/mol. The Morgan fingerprint density at radius 1 is 1.58 bits per heavy atom. The summed E-state index contributed by atoms with van der Waals surface area (Å²) in [6, 6.07) is 0. The predicted molar refractivity (Wildman–Crippen MR) is 68.4 cm³/mol. The van der Waals surface area contributed by atoms with E-state index in [0.717, 1.165) is 6.20 Å². The standard InChI is InChI=1S/C11H12ClN3O4/c1-6-4-14(5-7(6)11(16)17)10-8(12)2-13-3-9(10)15(18)19/h2-3,6-7H,4-5H2,1H3,(H,16,17)/t6-,7-/m1/s1. The Labute approximate surface area is 114 Å². The van der Waals surface area contributed by atoms with Crippen LogP contribution in [0.4, 0.5) is 11.4 Å². The fourth-order valence-electron chi connectivity index (χ4n) is 2.34. The van der Waals surface area contributed by atoms with Crippen molar-refractivity contribution in [2.45, 2.75) is 6.92 Å². The quantitative estimate of drug-likeness (QED) is 0.672. The van der Waals surface area contributed by atoms with E-state index in [2.05, 4.69) is 4.98 Å². The van der Waals surface area contributed by atoms with Crippen molar-refractivity contribution in [3.05, 3.63) is 27.5 Å². The van der Waals surface area contributed by atoms with E-state index in [9.17, 15) is 14.9 Å². The van der Waals surface area contributed by atoms with E-state index in [0.29, 0.717) is 6.54 Å². The molecule has 2 rings (SSSR count). The minimum Gasteiger partial charge on any atom is -0.481 e. The van der Waals surface area contributed by atoms with E-state index >= 15 is 0 Å². The number of hydrogen-bond acceptors (Lipinski definition) is 5. The van der Waals surface area contributed by atoms with Gasteiger partial charge in [0.1, 0.15) is 11.9 Å². The smallest absolute Gasteiger partial charge is 0.312 e. The molecule has 1 aromatic rings. The van der Waals surface area contributed by atoms with Gasteiger partial charge in [-0.15, -0.1) is 0 Å². The van der Waals surface area contributed by atoms with Crippen molar-refractivity contribution in [3.63, 3.8) is 0 Å². The molecule has 0 unspecified atom stereocenters. The van der Waals surface area contributed by atoms with Crippen LogP contribution in [-0.2, 0) is 4.79 Å². The summed E-state index contributed by atoms with van der Waals surface area (Å²) < 4.78 is 0. The molecule has 1 aliphatic rings. The van der Waals surface area contributed by atoms with Crippen LogP contribution >= 0.6 is 11.6 Å². The van der Waals surface area contributed by atoms with E-state index in [4.69, 9.17) is 16.7 Å². The Balaban J connectivity index is 2.39. The molecule has 2 atom stereocenters. The molecule has 0 aromatic carbocycles. The van der Waals surface area contributed by atoms with Gasteiger partial charge in [-0.1, -0.05) is 18.5 Å². The lowest BCUT2D eigenvalue weighted by atomic mass is 9.99. The van der Waals surface area contributed by atoms with Crippen LogP contribution < -0.4 is 4.90 Å². The molecule has 0 aliphatic carbocycles. The van der Waals surface area contributed by atoms with Crippen LogP contribution in [0.1, 0.15) is 6.92 Å². The summed E-state index contributed by atoms with van der Waals surface area (Å²) >= 11 is 5.97. The summed E-state index contributed by atoms with van der Waals surface area (Å²) in [6.07, 6.45) is 2.45. The van der Waals surface area contributed by atoms with Crippen molar-refractivity contribution >= 4 is 28.9 Å². The highest BCUT2D eigenvalue weighted by molar-refractivity contribution is 6.33. The van der Waals surface area contributed by atoms with E-state index in [-0.39, 0.29) is 28.9 Å². The van der Waals surface area contributed by atoms with Gasteiger partial charge in [0, 0.05) is 19.3 Å². The number of aromatic nitrogens is 1. The van der Waals surface area contributed by atoms with Crippen LogP contribution in [0.3, 0.4) is 0 Å². The fourth-order valence-corrected chi connectivity index (χ4v) is 2.61. The van der Waals surface area contributed by atoms with Crippen LogP contribution in [0.2, 0.25) is 5.02 Å². The summed E-state index contributed by atoms with van der Waals surface area (Å²) in [5, 5.41) is 20.2. The molecule has 0 radical (unpaired) electrons. The van der Waals surface area contributed by atoms with E-state index in [1.54, 1.807) is 11.8 Å². The first kappa shape index (κ1) is 13.5. The van der Waals surface area contributed by atoms with Crippen molar-refractivity contribution in [1.82, 2.24) is 4.98 Å². The normalized spacial score (nSPS) is 22.5. The van der Waals surface area contributed by atoms with Gasteiger partial charge < -0.3 is 10.0 Å². The number of anilines is 1. The van der Waals surface area contributed by atoms with E-state index < -0.39 is 16.8 Å². The van der Waals surface area contributed by atoms with Gasteiger partial charge in [0.05, 0.1) is 15.9 Å². The van der Waals surface area contributed by atoms with Gasteiger partial charge in [0.2, 0.25) is 0 Å². The summed E-state index contributed by atoms with van der Waals surface area (Å²) in [6.45, 7) is 2.43. The number of pyridine rings is 1. The molecular formula is C11H12ClN3O4. The van der Waals surface area contributed by atoms with Crippen LogP contribution in [0.25, 0.3) is 0 Å². The Bertz CT molecular complexity index is 537. The number of aliphatic carboxylic acids is 1. The first-order valence-corrected chi connectivity index (χ1v) is 6.05. The van der Waals surface area contributed by atoms with Gasteiger partial charge in [-0.3, -0.25) is 19.9 Å². The Morgan fingerprint density at radius 2 is 2.26 bits per heavy atom. The molecule has 8 heteroatoms. The number of carboxylic acids is 1. The Hall–Kier alpha value is -1.89. The number of nitro groups is 1. The lowest BCUT2D eigenvalue weighted by Crippen LogP contribution is -2.24. The molecule has 0 bridgehead atoms. The van der Waals surface area contributed by atoms with Crippen molar-refractivity contribution in [2.75, 3.05) is 18.0 Å². The Morgan fingerprint density at radius 3 is 2.79 bits per heavy atom. The van der Waals surface area contributed by atoms with E-state index in [1.165, 1.54) is 6.20 Å². The van der Waals surface area contributed by atoms with Gasteiger partial charge in [-0.05, 0) is 5.92 Å². The maximum Gasteiger partial charge on any atom is 0.312 e. The fraction of sp³-hybridized carbons (Fsp3) is 0.455. The number of carboxylic acid groups (broad SMARTS) is 1. The second-order valence-electron chi connectivity index (χ2n) is 4.57. The van der Waals surface area contributed by atoms with Crippen LogP contribution in [0.15, 0.2) is 12.4 Å². The molecule has 1 fully saturated rings. The van der Waals surface area contributed by atoms with Crippen LogP contribution in [0.5, 0.6) is 0 Å². The topological polar surface area (TPSA) is 96.6 Å². The molecule has 0 saturated carbocycles. The monoisotopic (exact) mass is 285 g/mol. The Kier molecular flexibility index (Phi) is 3.57. The minimum absolute atomic E-state index is 0.0960. The molecule has 1 N–H and O–H groups in total. The maximum absolute atomic E-state index is 11.1. The lowest BCUT2D eigenvalue weighted by molar-refractivity contribution is -0.384. The molecule has 102 valence electrons. The number of nitrogens with zero attached hydrogens (tertiary/aromatic N) is 3. The second-order valence-corrected chi connectivity index (χ2v) is 4.98. The third-order valence-electron chi connectivity index (χ3n) is 3.30. The molecular weight excluding hydrogens is 274 g/mol. The molecule has 1 aliphatic heterocycles. The number of hydrogen-bond donors (Lipinski definition) is 1. The number of rotatable bonds is 3. The van der Waals surface area contributed by atoms with Crippen molar-refractivity contribution in [2.24, 2.45) is 11.8 Å². The summed E-state index contributed by atoms with van der Waals surface area (Å²) in [5.74, 6) is -1.55. The summed E-state index contributed by atoms with van der Waals surface area (Å²) in [7, 11) is 0. The zero-order valence-electron chi connectivity index (χ0n) is 10.1. The molecule has 2 heterocycles. The average Bonchev–Trinajstić information content (AvgIpc) is 2.70. The first-order valence-electron chi connectivity index (χ1n) is 5.67. The van der Waals surface area contributed by atoms with E-state index in [1.807, 2.05) is 0 Å². The van der Waals surface area contributed by atoms with Crippen molar-refractivity contribution in [3.8, 4) is 0 Å². The zero-order valence-corrected chi connectivity index (χ0v) is 10.9. The third-order valence-corrected chi connectivity index (χ3v) is 3.57.